The average Bonchev–Trinajstić information content (AvgIpc) is 2.70. The Morgan fingerprint density at radius 2 is 1.95 bits per heavy atom. The van der Waals surface area contributed by atoms with Gasteiger partial charge >= 0.3 is 6.09 Å². The number of rotatable bonds is 1. The van der Waals surface area contributed by atoms with Crippen molar-refractivity contribution in [1.29, 1.82) is 0 Å². The van der Waals surface area contributed by atoms with E-state index in [9.17, 15) is 9.90 Å². The molecule has 1 atom stereocenters. The number of nitrogens with zero attached hydrogens (tertiary/aromatic N) is 3. The molecule has 0 saturated carbocycles. The van der Waals surface area contributed by atoms with Crippen molar-refractivity contribution in [2.75, 3.05) is 19.6 Å². The Bertz CT molecular complexity index is 544. The Labute approximate surface area is 110 Å². The molecule has 0 aromatic carbocycles. The number of aromatic nitrogens is 2. The number of piperazine rings is 1. The van der Waals surface area contributed by atoms with Crippen LogP contribution in [0.1, 0.15) is 11.9 Å². The minimum absolute atomic E-state index is 0.316. The molecule has 2 aliphatic heterocycles. The molecular weight excluding hydrogens is 244 g/mol. The molecule has 1 amide bonds. The van der Waals surface area contributed by atoms with Crippen molar-refractivity contribution in [3.63, 3.8) is 0 Å². The summed E-state index contributed by atoms with van der Waals surface area (Å²) in [5.41, 5.74) is 1.58. The molecule has 1 saturated heterocycles. The van der Waals surface area contributed by atoms with Crippen LogP contribution in [0.15, 0.2) is 30.3 Å². The quantitative estimate of drug-likeness (QED) is 0.803. The average molecular weight is 258 g/mol. The summed E-state index contributed by atoms with van der Waals surface area (Å²) < 4.78 is 0. The molecule has 3 aliphatic rings. The molecule has 3 rings (SSSR count). The third kappa shape index (κ3) is 2.22. The van der Waals surface area contributed by atoms with Crippen LogP contribution in [0, 0.1) is 0 Å². The molecule has 19 heavy (non-hydrogen) atoms. The van der Waals surface area contributed by atoms with Crippen LogP contribution in [0.25, 0.3) is 11.4 Å². The molecule has 0 bridgehead atoms. The zero-order valence-electron chi connectivity index (χ0n) is 10.3. The molecule has 0 spiro atoms. The van der Waals surface area contributed by atoms with Gasteiger partial charge in [-0.05, 0) is 12.1 Å². The van der Waals surface area contributed by atoms with Gasteiger partial charge in [0.05, 0.1) is 11.4 Å². The van der Waals surface area contributed by atoms with Crippen LogP contribution in [-0.2, 0) is 0 Å². The standard InChI is InChI=1S/C13H14N4O2/c18-13(19)17-7-6-14-8-11(17)12-15-9-4-2-1-3-5-10(9)16-12/h1-5,11,14H,6-8H2,(H,18,19). The van der Waals surface area contributed by atoms with Crippen LogP contribution in [-0.4, -0.2) is 45.7 Å². The molecule has 6 heteroatoms. The Morgan fingerprint density at radius 1 is 1.26 bits per heavy atom. The van der Waals surface area contributed by atoms with E-state index in [2.05, 4.69) is 15.3 Å². The highest BCUT2D eigenvalue weighted by molar-refractivity contribution is 5.66. The first-order valence-electron chi connectivity index (χ1n) is 6.18. The van der Waals surface area contributed by atoms with Crippen molar-refractivity contribution in [3.8, 4) is 11.4 Å². The number of nitrogens with one attached hydrogen (secondary N) is 1. The third-order valence-electron chi connectivity index (χ3n) is 3.25. The number of amides is 1. The number of carboxylic acid groups (broad SMARTS) is 1. The highest BCUT2D eigenvalue weighted by atomic mass is 16.4. The maximum Gasteiger partial charge on any atom is 0.408 e. The lowest BCUT2D eigenvalue weighted by Crippen LogP contribution is -2.48. The van der Waals surface area contributed by atoms with Gasteiger partial charge in [0, 0.05) is 19.6 Å². The molecule has 2 N–H and O–H groups in total. The Kier molecular flexibility index (Phi) is 3.00. The van der Waals surface area contributed by atoms with E-state index in [1.165, 1.54) is 4.90 Å². The first kappa shape index (κ1) is 11.9. The number of hydrogen-bond acceptors (Lipinski definition) is 4. The molecule has 0 aromatic rings. The fourth-order valence-corrected chi connectivity index (χ4v) is 2.30. The smallest absolute Gasteiger partial charge is 0.408 e. The Morgan fingerprint density at radius 3 is 2.58 bits per heavy atom. The summed E-state index contributed by atoms with van der Waals surface area (Å²) in [6.07, 6.45) is -0.925. The van der Waals surface area contributed by atoms with Crippen molar-refractivity contribution in [1.82, 2.24) is 20.2 Å². The molecular formula is C13H14N4O2. The van der Waals surface area contributed by atoms with Crippen molar-refractivity contribution in [2.45, 2.75) is 6.04 Å². The molecule has 1 unspecified atom stereocenters. The maximum atomic E-state index is 11.2. The van der Waals surface area contributed by atoms with Gasteiger partial charge in [0.25, 0.3) is 0 Å². The normalized spacial score (nSPS) is 19.6. The van der Waals surface area contributed by atoms with Crippen molar-refractivity contribution < 1.29 is 9.90 Å². The second kappa shape index (κ2) is 4.81. The molecule has 2 heterocycles. The molecule has 6 nitrogen and oxygen atoms in total. The van der Waals surface area contributed by atoms with Crippen molar-refractivity contribution in [2.24, 2.45) is 0 Å². The zero-order valence-corrected chi connectivity index (χ0v) is 10.3. The summed E-state index contributed by atoms with van der Waals surface area (Å²) in [5.74, 6) is 0.566. The van der Waals surface area contributed by atoms with E-state index in [1.54, 1.807) is 0 Å². The lowest BCUT2D eigenvalue weighted by molar-refractivity contribution is 0.110. The third-order valence-corrected chi connectivity index (χ3v) is 3.25. The van der Waals surface area contributed by atoms with E-state index < -0.39 is 6.09 Å². The lowest BCUT2D eigenvalue weighted by Gasteiger charge is -2.32. The van der Waals surface area contributed by atoms with E-state index in [0.29, 0.717) is 25.5 Å². The summed E-state index contributed by atoms with van der Waals surface area (Å²) in [6, 6.07) is 9.16. The van der Waals surface area contributed by atoms with E-state index in [1.807, 2.05) is 30.3 Å². The number of imidazole rings is 1. The molecule has 0 aromatic heterocycles. The van der Waals surface area contributed by atoms with Gasteiger partial charge in [-0.1, -0.05) is 18.2 Å². The van der Waals surface area contributed by atoms with Crippen molar-refractivity contribution >= 4 is 6.09 Å². The number of hydrogen-bond donors (Lipinski definition) is 2. The Balaban J connectivity index is 1.99. The van der Waals surface area contributed by atoms with Gasteiger partial charge in [-0.15, -0.1) is 0 Å². The van der Waals surface area contributed by atoms with Crippen molar-refractivity contribution in [3.05, 3.63) is 36.2 Å². The highest BCUT2D eigenvalue weighted by Crippen LogP contribution is 2.25. The van der Waals surface area contributed by atoms with E-state index in [4.69, 9.17) is 0 Å². The van der Waals surface area contributed by atoms with E-state index >= 15 is 0 Å². The van der Waals surface area contributed by atoms with Crippen LogP contribution >= 0.6 is 0 Å². The summed E-state index contributed by atoms with van der Waals surface area (Å²) in [5, 5.41) is 12.4. The molecule has 1 fully saturated rings. The largest absolute Gasteiger partial charge is 0.465 e. The van der Waals surface area contributed by atoms with Gasteiger partial charge in [-0.25, -0.2) is 14.8 Å². The van der Waals surface area contributed by atoms with Gasteiger partial charge in [0.15, 0.2) is 5.82 Å². The van der Waals surface area contributed by atoms with Gasteiger partial charge in [-0.2, -0.15) is 0 Å². The van der Waals surface area contributed by atoms with Crippen LogP contribution in [0.3, 0.4) is 0 Å². The van der Waals surface area contributed by atoms with E-state index in [0.717, 1.165) is 11.4 Å². The fourth-order valence-electron chi connectivity index (χ4n) is 2.30. The first-order valence-corrected chi connectivity index (χ1v) is 6.18. The number of fused-ring (bicyclic) bond motifs is 1. The SMILES string of the molecule is O=C(O)N1CCNCC1c1nc2cccccc-2n1. The second-order valence-corrected chi connectivity index (χ2v) is 4.46. The highest BCUT2D eigenvalue weighted by Gasteiger charge is 2.31. The topological polar surface area (TPSA) is 78.4 Å². The maximum absolute atomic E-state index is 11.2. The number of carbonyl (C=O) groups is 1. The van der Waals surface area contributed by atoms with Gasteiger partial charge in [-0.3, -0.25) is 4.90 Å². The predicted molar refractivity (Wildman–Crippen MR) is 69.0 cm³/mol. The van der Waals surface area contributed by atoms with Crippen LogP contribution in [0.4, 0.5) is 4.79 Å². The summed E-state index contributed by atoms with van der Waals surface area (Å²) in [7, 11) is 0. The Hall–Kier alpha value is -2.21. The summed E-state index contributed by atoms with van der Waals surface area (Å²) >= 11 is 0. The lowest BCUT2D eigenvalue weighted by atomic mass is 10.2. The van der Waals surface area contributed by atoms with E-state index in [-0.39, 0.29) is 6.04 Å². The molecule has 0 radical (unpaired) electrons. The predicted octanol–water partition coefficient (Wildman–Crippen LogP) is 1.21. The zero-order chi connectivity index (χ0) is 13.2. The van der Waals surface area contributed by atoms with Crippen LogP contribution in [0.5, 0.6) is 0 Å². The summed E-state index contributed by atoms with van der Waals surface area (Å²) in [6.45, 7) is 1.67. The van der Waals surface area contributed by atoms with Crippen LogP contribution in [0.2, 0.25) is 0 Å². The van der Waals surface area contributed by atoms with Gasteiger partial charge in [0.1, 0.15) is 6.04 Å². The van der Waals surface area contributed by atoms with Crippen LogP contribution < -0.4 is 5.32 Å². The summed E-state index contributed by atoms with van der Waals surface area (Å²) in [4.78, 5) is 21.5. The van der Waals surface area contributed by atoms with Gasteiger partial charge in [0.2, 0.25) is 0 Å². The minimum Gasteiger partial charge on any atom is -0.465 e. The monoisotopic (exact) mass is 258 g/mol. The molecule has 1 aliphatic carbocycles. The van der Waals surface area contributed by atoms with Gasteiger partial charge < -0.3 is 10.4 Å². The molecule has 98 valence electrons. The second-order valence-electron chi connectivity index (χ2n) is 4.46. The first-order chi connectivity index (χ1) is 9.25. The fraction of sp³-hybridized carbons (Fsp3) is 0.308. The minimum atomic E-state index is -0.925.